The third-order valence-electron chi connectivity index (χ3n) is 6.30. The molecule has 0 radical (unpaired) electrons. The summed E-state index contributed by atoms with van der Waals surface area (Å²) in [5.41, 5.74) is 8.26. The third-order valence-corrected chi connectivity index (χ3v) is 7.45. The number of carbonyl (C=O) groups is 1. The van der Waals surface area contributed by atoms with E-state index in [0.29, 0.717) is 13.0 Å². The Labute approximate surface area is 179 Å². The standard InChI is InChI=1S/C27H21NOS/c29-25(11-17-8-9-18-5-3-6-19(18)10-17)21-12-22-15-28-16-24(22)23(13-21)27-14-20-4-1-2-7-26(20)30-27/h1-2,4,7-10,12-15H,3,5-6,11,16H2. The monoisotopic (exact) mass is 407 g/mol. The molecule has 0 saturated heterocycles. The SMILES string of the molecule is O=C(Cc1ccc2c(c1)CCC2)c1cc2c(c(-c3cc4ccccc4s3)c1)CN=C2. The highest BCUT2D eigenvalue weighted by atomic mass is 32.1. The lowest BCUT2D eigenvalue weighted by atomic mass is 9.93. The van der Waals surface area contributed by atoms with E-state index >= 15 is 0 Å². The summed E-state index contributed by atoms with van der Waals surface area (Å²) in [5, 5.41) is 1.25. The van der Waals surface area contributed by atoms with Gasteiger partial charge in [-0.3, -0.25) is 9.79 Å². The minimum Gasteiger partial charge on any atom is -0.294 e. The number of Topliss-reactive ketones (excluding diaryl/α,β-unsaturated/α-hetero) is 1. The van der Waals surface area contributed by atoms with Crippen LogP contribution in [0.1, 0.15) is 44.6 Å². The first-order valence-electron chi connectivity index (χ1n) is 10.5. The molecule has 4 aromatic rings. The van der Waals surface area contributed by atoms with Gasteiger partial charge in [0, 0.05) is 27.8 Å². The van der Waals surface area contributed by atoms with Crippen molar-refractivity contribution in [1.82, 2.24) is 0 Å². The number of hydrogen-bond acceptors (Lipinski definition) is 3. The topological polar surface area (TPSA) is 29.4 Å². The quantitative estimate of drug-likeness (QED) is 0.359. The Kier molecular flexibility index (Phi) is 4.17. The molecule has 3 aromatic carbocycles. The summed E-state index contributed by atoms with van der Waals surface area (Å²) in [6, 6.07) is 21.4. The average molecular weight is 408 g/mol. The van der Waals surface area contributed by atoms with E-state index < -0.39 is 0 Å². The van der Waals surface area contributed by atoms with E-state index in [4.69, 9.17) is 0 Å². The Morgan fingerprint density at radius 2 is 1.87 bits per heavy atom. The zero-order chi connectivity index (χ0) is 20.1. The largest absolute Gasteiger partial charge is 0.294 e. The van der Waals surface area contributed by atoms with Crippen molar-refractivity contribution in [3.63, 3.8) is 0 Å². The van der Waals surface area contributed by atoms with E-state index in [-0.39, 0.29) is 5.78 Å². The van der Waals surface area contributed by atoms with E-state index in [1.54, 1.807) is 11.3 Å². The van der Waals surface area contributed by atoms with Gasteiger partial charge in [-0.05, 0) is 82.3 Å². The zero-order valence-electron chi connectivity index (χ0n) is 16.7. The molecule has 30 heavy (non-hydrogen) atoms. The molecule has 2 nitrogen and oxygen atoms in total. The van der Waals surface area contributed by atoms with Crippen LogP contribution in [0.4, 0.5) is 0 Å². The number of benzene rings is 3. The van der Waals surface area contributed by atoms with Crippen molar-refractivity contribution < 1.29 is 4.79 Å². The fourth-order valence-corrected chi connectivity index (χ4v) is 5.85. The molecule has 0 spiro atoms. The number of thiophene rings is 1. The molecule has 0 bridgehead atoms. The highest BCUT2D eigenvalue weighted by Gasteiger charge is 2.20. The number of rotatable bonds is 4. The van der Waals surface area contributed by atoms with Crippen LogP contribution >= 0.6 is 11.3 Å². The van der Waals surface area contributed by atoms with Crippen LogP contribution in [0.3, 0.4) is 0 Å². The molecule has 0 amide bonds. The Hall–Kier alpha value is -3.04. The highest BCUT2D eigenvalue weighted by Crippen LogP contribution is 2.38. The van der Waals surface area contributed by atoms with Gasteiger partial charge in [-0.1, -0.05) is 36.4 Å². The van der Waals surface area contributed by atoms with E-state index in [2.05, 4.69) is 59.6 Å². The maximum atomic E-state index is 13.2. The van der Waals surface area contributed by atoms with Gasteiger partial charge in [-0.2, -0.15) is 0 Å². The molecule has 6 rings (SSSR count). The zero-order valence-corrected chi connectivity index (χ0v) is 17.5. The maximum Gasteiger partial charge on any atom is 0.167 e. The van der Waals surface area contributed by atoms with E-state index in [0.717, 1.165) is 28.7 Å². The minimum atomic E-state index is 0.179. The second kappa shape index (κ2) is 7.03. The van der Waals surface area contributed by atoms with Crippen LogP contribution in [0.5, 0.6) is 0 Å². The van der Waals surface area contributed by atoms with Crippen molar-refractivity contribution >= 4 is 33.4 Å². The molecule has 0 fully saturated rings. The molecule has 2 heterocycles. The van der Waals surface area contributed by atoms with Crippen molar-refractivity contribution in [2.45, 2.75) is 32.2 Å². The lowest BCUT2D eigenvalue weighted by Crippen LogP contribution is -2.06. The first kappa shape index (κ1) is 17.8. The number of aliphatic imine (C=N–C) groups is 1. The van der Waals surface area contributed by atoms with Crippen molar-refractivity contribution in [2.75, 3.05) is 0 Å². The molecule has 1 aromatic heterocycles. The van der Waals surface area contributed by atoms with Crippen molar-refractivity contribution in [3.8, 4) is 10.4 Å². The van der Waals surface area contributed by atoms with Gasteiger partial charge >= 0.3 is 0 Å². The minimum absolute atomic E-state index is 0.179. The summed E-state index contributed by atoms with van der Waals surface area (Å²) in [7, 11) is 0. The van der Waals surface area contributed by atoms with Crippen LogP contribution in [0.25, 0.3) is 20.5 Å². The molecule has 0 saturated carbocycles. The number of fused-ring (bicyclic) bond motifs is 3. The molecule has 0 atom stereocenters. The fraction of sp³-hybridized carbons (Fsp3) is 0.185. The lowest BCUT2D eigenvalue weighted by Gasteiger charge is -2.10. The van der Waals surface area contributed by atoms with Crippen LogP contribution in [-0.4, -0.2) is 12.0 Å². The molecule has 0 N–H and O–H groups in total. The Balaban J connectivity index is 1.38. The number of aryl methyl sites for hydroxylation is 2. The van der Waals surface area contributed by atoms with E-state index in [9.17, 15) is 4.79 Å². The summed E-state index contributed by atoms with van der Waals surface area (Å²) in [5.74, 6) is 0.179. The molecular weight excluding hydrogens is 386 g/mol. The van der Waals surface area contributed by atoms with E-state index in [1.165, 1.54) is 44.5 Å². The van der Waals surface area contributed by atoms with Crippen molar-refractivity contribution in [1.29, 1.82) is 0 Å². The molecular formula is C27H21NOS. The van der Waals surface area contributed by atoms with Crippen LogP contribution in [0, 0.1) is 0 Å². The van der Waals surface area contributed by atoms with Gasteiger partial charge in [-0.25, -0.2) is 0 Å². The Morgan fingerprint density at radius 1 is 0.967 bits per heavy atom. The van der Waals surface area contributed by atoms with E-state index in [1.807, 2.05) is 12.3 Å². The van der Waals surface area contributed by atoms with Gasteiger partial charge in [0.15, 0.2) is 5.78 Å². The smallest absolute Gasteiger partial charge is 0.167 e. The first-order valence-corrected chi connectivity index (χ1v) is 11.4. The van der Waals surface area contributed by atoms with Crippen LogP contribution < -0.4 is 0 Å². The number of hydrogen-bond donors (Lipinski definition) is 0. The summed E-state index contributed by atoms with van der Waals surface area (Å²) in [6.07, 6.45) is 5.91. The summed E-state index contributed by atoms with van der Waals surface area (Å²) in [4.78, 5) is 18.9. The van der Waals surface area contributed by atoms with Gasteiger partial charge in [-0.15, -0.1) is 11.3 Å². The molecule has 2 aliphatic rings. The predicted octanol–water partition coefficient (Wildman–Crippen LogP) is 6.41. The van der Waals surface area contributed by atoms with Gasteiger partial charge < -0.3 is 0 Å². The van der Waals surface area contributed by atoms with Crippen LogP contribution in [0.15, 0.2) is 65.7 Å². The second-order valence-electron chi connectivity index (χ2n) is 8.27. The molecule has 146 valence electrons. The summed E-state index contributed by atoms with van der Waals surface area (Å²) < 4.78 is 1.27. The molecule has 1 aliphatic heterocycles. The van der Waals surface area contributed by atoms with Crippen LogP contribution in [0.2, 0.25) is 0 Å². The average Bonchev–Trinajstić information content (AvgIpc) is 3.50. The van der Waals surface area contributed by atoms with Crippen molar-refractivity contribution in [2.24, 2.45) is 4.99 Å². The maximum absolute atomic E-state index is 13.2. The van der Waals surface area contributed by atoms with Crippen LogP contribution in [-0.2, 0) is 25.8 Å². The van der Waals surface area contributed by atoms with Gasteiger partial charge in [0.25, 0.3) is 0 Å². The number of carbonyl (C=O) groups excluding carboxylic acids is 1. The third kappa shape index (κ3) is 3.01. The van der Waals surface area contributed by atoms with Gasteiger partial charge in [0.1, 0.15) is 0 Å². The molecule has 1 aliphatic carbocycles. The number of nitrogens with zero attached hydrogens (tertiary/aromatic N) is 1. The molecule has 3 heteroatoms. The Morgan fingerprint density at radius 3 is 2.80 bits per heavy atom. The normalized spacial score (nSPS) is 14.3. The second-order valence-corrected chi connectivity index (χ2v) is 9.35. The van der Waals surface area contributed by atoms with Gasteiger partial charge in [0.05, 0.1) is 6.54 Å². The highest BCUT2D eigenvalue weighted by molar-refractivity contribution is 7.22. The number of ketones is 1. The predicted molar refractivity (Wildman–Crippen MR) is 125 cm³/mol. The Bertz CT molecular complexity index is 1310. The summed E-state index contributed by atoms with van der Waals surface area (Å²) >= 11 is 1.79. The summed E-state index contributed by atoms with van der Waals surface area (Å²) in [6.45, 7) is 0.693. The first-order chi connectivity index (χ1) is 14.7. The van der Waals surface area contributed by atoms with Crippen molar-refractivity contribution in [3.05, 3.63) is 94.0 Å². The van der Waals surface area contributed by atoms with Gasteiger partial charge in [0.2, 0.25) is 0 Å². The molecule has 0 unspecified atom stereocenters. The lowest BCUT2D eigenvalue weighted by molar-refractivity contribution is 0.0993. The fourth-order valence-electron chi connectivity index (χ4n) is 4.74.